The lowest BCUT2D eigenvalue weighted by Gasteiger charge is -2.20. The first kappa shape index (κ1) is 19.0. The van der Waals surface area contributed by atoms with E-state index in [9.17, 15) is 9.59 Å². The van der Waals surface area contributed by atoms with E-state index in [1.54, 1.807) is 18.2 Å². The van der Waals surface area contributed by atoms with E-state index in [0.29, 0.717) is 16.9 Å². The maximum absolute atomic E-state index is 12.2. The van der Waals surface area contributed by atoms with E-state index in [2.05, 4.69) is 31.9 Å². The number of carbonyl (C=O) groups is 2. The van der Waals surface area contributed by atoms with Gasteiger partial charge in [0.05, 0.1) is 12.2 Å². The zero-order valence-electron chi connectivity index (χ0n) is 14.5. The van der Waals surface area contributed by atoms with E-state index >= 15 is 0 Å². The molecule has 0 saturated heterocycles. The molecule has 0 heterocycles. The van der Waals surface area contributed by atoms with Crippen LogP contribution in [0.5, 0.6) is 0 Å². The van der Waals surface area contributed by atoms with Crippen LogP contribution in [0.4, 0.5) is 11.4 Å². The van der Waals surface area contributed by atoms with Crippen molar-refractivity contribution in [3.8, 4) is 0 Å². The fourth-order valence-corrected chi connectivity index (χ4v) is 2.51. The Kier molecular flexibility index (Phi) is 6.20. The predicted molar refractivity (Wildman–Crippen MR) is 105 cm³/mol. The molecule has 6 heteroatoms. The molecule has 0 radical (unpaired) electrons. The molecule has 3 N–H and O–H groups in total. The lowest BCUT2D eigenvalue weighted by Crippen LogP contribution is -2.40. The van der Waals surface area contributed by atoms with E-state index in [4.69, 9.17) is 0 Å². The number of amides is 2. The summed E-state index contributed by atoms with van der Waals surface area (Å²) in [4.78, 5) is 24.3. The second-order valence-corrected chi connectivity index (χ2v) is 7.52. The summed E-state index contributed by atoms with van der Waals surface area (Å²) in [5.41, 5.74) is 1.67. The Morgan fingerprint density at radius 1 is 1.04 bits per heavy atom. The smallest absolute Gasteiger partial charge is 0.251 e. The molecule has 2 aromatic carbocycles. The van der Waals surface area contributed by atoms with E-state index in [1.807, 2.05) is 51.1 Å². The minimum atomic E-state index is -0.302. The number of anilines is 2. The fourth-order valence-electron chi connectivity index (χ4n) is 2.12. The molecule has 0 spiro atoms. The Bertz CT molecular complexity index is 769. The number of benzene rings is 2. The second-order valence-electron chi connectivity index (χ2n) is 6.67. The molecule has 132 valence electrons. The quantitative estimate of drug-likeness (QED) is 0.705. The highest BCUT2D eigenvalue weighted by Crippen LogP contribution is 2.21. The van der Waals surface area contributed by atoms with Crippen molar-refractivity contribution >= 4 is 39.1 Å². The van der Waals surface area contributed by atoms with Gasteiger partial charge in [-0.1, -0.05) is 18.2 Å². The van der Waals surface area contributed by atoms with Crippen LogP contribution in [0.2, 0.25) is 0 Å². The molecule has 0 aliphatic rings. The van der Waals surface area contributed by atoms with Crippen LogP contribution in [0.15, 0.2) is 53.0 Å². The normalized spacial score (nSPS) is 10.9. The lowest BCUT2D eigenvalue weighted by atomic mass is 10.1. The maximum atomic E-state index is 12.2. The monoisotopic (exact) mass is 403 g/mol. The standard InChI is InChI=1S/C19H22BrN3O2/c1-19(2,3)23-18(25)13-7-6-8-14(11-13)21-12-17(24)22-16-10-5-4-9-15(16)20/h4-11,21H,12H2,1-3H3,(H,22,24)(H,23,25). The predicted octanol–water partition coefficient (Wildman–Crippen LogP) is 4.03. The van der Waals surface area contributed by atoms with Gasteiger partial charge in [-0.15, -0.1) is 0 Å². The maximum Gasteiger partial charge on any atom is 0.251 e. The highest BCUT2D eigenvalue weighted by atomic mass is 79.9. The summed E-state index contributed by atoms with van der Waals surface area (Å²) in [6.45, 7) is 5.89. The van der Waals surface area contributed by atoms with Gasteiger partial charge in [-0.05, 0) is 67.0 Å². The van der Waals surface area contributed by atoms with Crippen molar-refractivity contribution in [3.63, 3.8) is 0 Å². The first-order valence-corrected chi connectivity index (χ1v) is 8.75. The van der Waals surface area contributed by atoms with Crippen LogP contribution < -0.4 is 16.0 Å². The molecule has 2 aromatic rings. The van der Waals surface area contributed by atoms with E-state index in [1.165, 1.54) is 0 Å². The van der Waals surface area contributed by atoms with Crippen molar-refractivity contribution in [2.24, 2.45) is 0 Å². The fraction of sp³-hybridized carbons (Fsp3) is 0.263. The van der Waals surface area contributed by atoms with E-state index in [-0.39, 0.29) is 23.9 Å². The van der Waals surface area contributed by atoms with Crippen LogP contribution in [-0.2, 0) is 4.79 Å². The topological polar surface area (TPSA) is 70.2 Å². The Labute approximate surface area is 156 Å². The van der Waals surface area contributed by atoms with Crippen LogP contribution in [0.25, 0.3) is 0 Å². The number of hydrogen-bond donors (Lipinski definition) is 3. The molecular formula is C19H22BrN3O2. The van der Waals surface area contributed by atoms with Gasteiger partial charge in [-0.3, -0.25) is 9.59 Å². The molecule has 0 saturated carbocycles. The molecule has 5 nitrogen and oxygen atoms in total. The minimum Gasteiger partial charge on any atom is -0.376 e. The molecule has 2 rings (SSSR count). The molecule has 0 fully saturated rings. The third-order valence-corrected chi connectivity index (χ3v) is 3.91. The molecule has 0 unspecified atom stereocenters. The van der Waals surface area contributed by atoms with Crippen molar-refractivity contribution in [2.45, 2.75) is 26.3 Å². The number of para-hydroxylation sites is 1. The number of hydrogen-bond acceptors (Lipinski definition) is 3. The molecule has 0 aliphatic carbocycles. The molecular weight excluding hydrogens is 382 g/mol. The van der Waals surface area contributed by atoms with Crippen molar-refractivity contribution in [3.05, 3.63) is 58.6 Å². The first-order valence-electron chi connectivity index (χ1n) is 7.95. The number of nitrogens with one attached hydrogen (secondary N) is 3. The van der Waals surface area contributed by atoms with Crippen molar-refractivity contribution in [1.82, 2.24) is 5.32 Å². The summed E-state index contributed by atoms with van der Waals surface area (Å²) in [5.74, 6) is -0.315. The van der Waals surface area contributed by atoms with Crippen molar-refractivity contribution in [2.75, 3.05) is 17.2 Å². The van der Waals surface area contributed by atoms with Gasteiger partial charge in [0.15, 0.2) is 0 Å². The molecule has 0 atom stereocenters. The van der Waals surface area contributed by atoms with Gasteiger partial charge in [0.2, 0.25) is 5.91 Å². The minimum absolute atomic E-state index is 0.103. The van der Waals surface area contributed by atoms with E-state index in [0.717, 1.165) is 4.47 Å². The lowest BCUT2D eigenvalue weighted by molar-refractivity contribution is -0.114. The Balaban J connectivity index is 1.95. The zero-order valence-corrected chi connectivity index (χ0v) is 16.1. The SMILES string of the molecule is CC(C)(C)NC(=O)c1cccc(NCC(=O)Nc2ccccc2Br)c1. The molecule has 0 bridgehead atoms. The van der Waals surface area contributed by atoms with E-state index < -0.39 is 0 Å². The second kappa shape index (κ2) is 8.16. The summed E-state index contributed by atoms with van der Waals surface area (Å²) in [6.07, 6.45) is 0. The van der Waals surface area contributed by atoms with Gasteiger partial charge in [0.1, 0.15) is 0 Å². The van der Waals surface area contributed by atoms with Crippen LogP contribution in [-0.4, -0.2) is 23.9 Å². The summed E-state index contributed by atoms with van der Waals surface area (Å²) in [5, 5.41) is 8.77. The van der Waals surface area contributed by atoms with Gasteiger partial charge in [0, 0.05) is 21.3 Å². The molecule has 0 aromatic heterocycles. The van der Waals surface area contributed by atoms with Crippen molar-refractivity contribution < 1.29 is 9.59 Å². The molecule has 0 aliphatic heterocycles. The number of rotatable bonds is 5. The largest absolute Gasteiger partial charge is 0.376 e. The first-order chi connectivity index (χ1) is 11.7. The Morgan fingerprint density at radius 2 is 1.76 bits per heavy atom. The summed E-state index contributed by atoms with van der Waals surface area (Å²) in [7, 11) is 0. The Morgan fingerprint density at radius 3 is 2.44 bits per heavy atom. The number of carbonyl (C=O) groups excluding carboxylic acids is 2. The van der Waals surface area contributed by atoms with Gasteiger partial charge in [-0.2, -0.15) is 0 Å². The van der Waals surface area contributed by atoms with Gasteiger partial charge in [0.25, 0.3) is 5.91 Å². The average Bonchev–Trinajstić information content (AvgIpc) is 2.54. The van der Waals surface area contributed by atoms with Crippen molar-refractivity contribution in [1.29, 1.82) is 0 Å². The van der Waals surface area contributed by atoms with Gasteiger partial charge >= 0.3 is 0 Å². The van der Waals surface area contributed by atoms with Crippen LogP contribution in [0, 0.1) is 0 Å². The van der Waals surface area contributed by atoms with Crippen LogP contribution in [0.1, 0.15) is 31.1 Å². The zero-order chi connectivity index (χ0) is 18.4. The molecule has 25 heavy (non-hydrogen) atoms. The van der Waals surface area contributed by atoms with Crippen LogP contribution >= 0.6 is 15.9 Å². The summed E-state index contributed by atoms with van der Waals surface area (Å²) >= 11 is 3.39. The number of halogens is 1. The summed E-state index contributed by atoms with van der Waals surface area (Å²) < 4.78 is 0.823. The Hall–Kier alpha value is -2.34. The summed E-state index contributed by atoms with van der Waals surface area (Å²) in [6, 6.07) is 14.5. The molecule has 2 amide bonds. The third kappa shape index (κ3) is 6.23. The average molecular weight is 404 g/mol. The van der Waals surface area contributed by atoms with Crippen LogP contribution in [0.3, 0.4) is 0 Å². The highest BCUT2D eigenvalue weighted by Gasteiger charge is 2.15. The highest BCUT2D eigenvalue weighted by molar-refractivity contribution is 9.10. The van der Waals surface area contributed by atoms with Gasteiger partial charge in [-0.25, -0.2) is 0 Å². The van der Waals surface area contributed by atoms with Gasteiger partial charge < -0.3 is 16.0 Å². The third-order valence-electron chi connectivity index (χ3n) is 3.21.